The zero-order valence-corrected chi connectivity index (χ0v) is 9.36. The lowest BCUT2D eigenvalue weighted by atomic mass is 10.1. The quantitative estimate of drug-likeness (QED) is 0.798. The van der Waals surface area contributed by atoms with Crippen LogP contribution in [0.2, 0.25) is 0 Å². The van der Waals surface area contributed by atoms with Crippen molar-refractivity contribution in [2.75, 3.05) is 6.61 Å². The van der Waals surface area contributed by atoms with Gasteiger partial charge in [0.25, 0.3) is 0 Å². The second-order valence-electron chi connectivity index (χ2n) is 4.37. The zero-order chi connectivity index (χ0) is 11.8. The van der Waals surface area contributed by atoms with E-state index in [4.69, 9.17) is 15.6 Å². The topological polar surface area (TPSA) is 73.3 Å². The number of rotatable bonds is 2. The molecule has 0 radical (unpaired) electrons. The van der Waals surface area contributed by atoms with Gasteiger partial charge in [-0.15, -0.1) is 0 Å². The number of aliphatic hydroxyl groups is 1. The lowest BCUT2D eigenvalue weighted by Gasteiger charge is -2.15. The first kappa shape index (κ1) is 10.7. The number of aromatic nitrogens is 2. The van der Waals surface area contributed by atoms with E-state index < -0.39 is 0 Å². The molecule has 3 rings (SSSR count). The van der Waals surface area contributed by atoms with Crippen LogP contribution in [0.4, 0.5) is 0 Å². The highest BCUT2D eigenvalue weighted by Gasteiger charge is 2.33. The molecule has 5 heteroatoms. The van der Waals surface area contributed by atoms with Crippen molar-refractivity contribution < 1.29 is 9.84 Å². The predicted molar refractivity (Wildman–Crippen MR) is 63.3 cm³/mol. The number of pyridine rings is 1. The summed E-state index contributed by atoms with van der Waals surface area (Å²) in [5, 5.41) is 10.2. The summed E-state index contributed by atoms with van der Waals surface area (Å²) in [6.07, 6.45) is 5.92. The number of fused-ring (bicyclic) bond motifs is 1. The molecule has 0 spiro atoms. The van der Waals surface area contributed by atoms with Crippen molar-refractivity contribution in [2.45, 2.75) is 24.8 Å². The van der Waals surface area contributed by atoms with Crippen LogP contribution < -0.4 is 5.73 Å². The Labute approximate surface area is 98.8 Å². The third kappa shape index (κ3) is 1.72. The fraction of sp³-hybridized carbons (Fsp3) is 0.417. The predicted octanol–water partition coefficient (Wildman–Crippen LogP) is 0.643. The van der Waals surface area contributed by atoms with Crippen LogP contribution in [0.3, 0.4) is 0 Å². The fourth-order valence-electron chi connectivity index (χ4n) is 2.36. The maximum atomic E-state index is 9.14. The Morgan fingerprint density at radius 2 is 2.41 bits per heavy atom. The Morgan fingerprint density at radius 3 is 3.18 bits per heavy atom. The van der Waals surface area contributed by atoms with E-state index in [9.17, 15) is 0 Å². The molecule has 0 bridgehead atoms. The van der Waals surface area contributed by atoms with Crippen molar-refractivity contribution in [2.24, 2.45) is 5.73 Å². The van der Waals surface area contributed by atoms with Gasteiger partial charge in [-0.1, -0.05) is 0 Å². The molecular weight excluding hydrogens is 218 g/mol. The average molecular weight is 233 g/mol. The first-order valence-corrected chi connectivity index (χ1v) is 5.72. The second kappa shape index (κ2) is 4.10. The highest BCUT2D eigenvalue weighted by atomic mass is 16.5. The van der Waals surface area contributed by atoms with Crippen LogP contribution in [0.25, 0.3) is 10.9 Å². The van der Waals surface area contributed by atoms with Gasteiger partial charge in [-0.3, -0.25) is 4.98 Å². The zero-order valence-electron chi connectivity index (χ0n) is 9.36. The van der Waals surface area contributed by atoms with Gasteiger partial charge < -0.3 is 20.1 Å². The molecule has 1 fully saturated rings. The first-order chi connectivity index (χ1) is 8.29. The van der Waals surface area contributed by atoms with E-state index in [-0.39, 0.29) is 25.0 Å². The van der Waals surface area contributed by atoms with Gasteiger partial charge in [0.1, 0.15) is 6.23 Å². The van der Waals surface area contributed by atoms with Crippen LogP contribution >= 0.6 is 0 Å². The summed E-state index contributed by atoms with van der Waals surface area (Å²) in [5.74, 6) is 0. The highest BCUT2D eigenvalue weighted by Crippen LogP contribution is 2.30. The van der Waals surface area contributed by atoms with Crippen molar-refractivity contribution in [1.82, 2.24) is 9.55 Å². The minimum atomic E-state index is -0.265. The minimum Gasteiger partial charge on any atom is -0.394 e. The van der Waals surface area contributed by atoms with Crippen LogP contribution in [-0.2, 0) is 4.74 Å². The number of aliphatic hydroxyl groups excluding tert-OH is 1. The SMILES string of the molecule is N[C@H]1C[C@H](n2ccc3cnccc32)O[C@@H]1CO. The minimum absolute atomic E-state index is 0.0293. The van der Waals surface area contributed by atoms with E-state index in [1.807, 2.05) is 29.1 Å². The van der Waals surface area contributed by atoms with Gasteiger partial charge in [0, 0.05) is 36.4 Å². The first-order valence-electron chi connectivity index (χ1n) is 5.72. The number of hydrogen-bond acceptors (Lipinski definition) is 4. The van der Waals surface area contributed by atoms with Gasteiger partial charge in [0.2, 0.25) is 0 Å². The molecule has 3 atom stereocenters. The molecule has 17 heavy (non-hydrogen) atoms. The summed E-state index contributed by atoms with van der Waals surface area (Å²) in [6, 6.07) is 3.85. The Bertz CT molecular complexity index is 525. The number of nitrogens with two attached hydrogens (primary N) is 1. The van der Waals surface area contributed by atoms with E-state index in [1.54, 1.807) is 6.20 Å². The van der Waals surface area contributed by atoms with Gasteiger partial charge in [0.05, 0.1) is 18.2 Å². The van der Waals surface area contributed by atoms with Crippen LogP contribution in [0.15, 0.2) is 30.7 Å². The summed E-state index contributed by atoms with van der Waals surface area (Å²) < 4.78 is 7.79. The van der Waals surface area contributed by atoms with Gasteiger partial charge in [-0.25, -0.2) is 0 Å². The molecule has 0 aliphatic carbocycles. The average Bonchev–Trinajstić information content (AvgIpc) is 2.92. The molecule has 1 aliphatic rings. The monoisotopic (exact) mass is 233 g/mol. The smallest absolute Gasteiger partial charge is 0.136 e. The second-order valence-corrected chi connectivity index (χ2v) is 4.37. The summed E-state index contributed by atoms with van der Waals surface area (Å²) in [7, 11) is 0. The Balaban J connectivity index is 1.95. The molecule has 0 aromatic carbocycles. The Kier molecular flexibility index (Phi) is 2.58. The summed E-state index contributed by atoms with van der Waals surface area (Å²) in [6.45, 7) is -0.0293. The molecule has 2 aromatic heterocycles. The highest BCUT2D eigenvalue weighted by molar-refractivity contribution is 5.78. The third-order valence-corrected chi connectivity index (χ3v) is 3.29. The molecule has 0 amide bonds. The van der Waals surface area contributed by atoms with Crippen LogP contribution in [-0.4, -0.2) is 33.4 Å². The molecular formula is C12H15N3O2. The normalized spacial score (nSPS) is 28.9. The van der Waals surface area contributed by atoms with E-state index in [0.717, 1.165) is 17.3 Å². The van der Waals surface area contributed by atoms with Crippen molar-refractivity contribution >= 4 is 10.9 Å². The van der Waals surface area contributed by atoms with Crippen molar-refractivity contribution in [3.63, 3.8) is 0 Å². The van der Waals surface area contributed by atoms with Crippen LogP contribution in [0.1, 0.15) is 12.6 Å². The summed E-state index contributed by atoms with van der Waals surface area (Å²) in [5.41, 5.74) is 7.00. The Morgan fingerprint density at radius 1 is 1.53 bits per heavy atom. The summed E-state index contributed by atoms with van der Waals surface area (Å²) in [4.78, 5) is 4.08. The van der Waals surface area contributed by atoms with Crippen molar-refractivity contribution in [1.29, 1.82) is 0 Å². The molecule has 3 heterocycles. The molecule has 1 aliphatic heterocycles. The van der Waals surface area contributed by atoms with E-state index in [1.165, 1.54) is 0 Å². The maximum absolute atomic E-state index is 9.14. The van der Waals surface area contributed by atoms with Gasteiger partial charge in [-0.05, 0) is 12.1 Å². The van der Waals surface area contributed by atoms with E-state index in [0.29, 0.717) is 0 Å². The maximum Gasteiger partial charge on any atom is 0.136 e. The fourth-order valence-corrected chi connectivity index (χ4v) is 2.36. The van der Waals surface area contributed by atoms with Gasteiger partial charge in [-0.2, -0.15) is 0 Å². The molecule has 3 N–H and O–H groups in total. The molecule has 90 valence electrons. The summed E-state index contributed by atoms with van der Waals surface area (Å²) >= 11 is 0. The lowest BCUT2D eigenvalue weighted by Crippen LogP contribution is -2.32. The third-order valence-electron chi connectivity index (χ3n) is 3.29. The van der Waals surface area contributed by atoms with Crippen LogP contribution in [0.5, 0.6) is 0 Å². The van der Waals surface area contributed by atoms with Crippen molar-refractivity contribution in [3.05, 3.63) is 30.7 Å². The number of ether oxygens (including phenoxy) is 1. The largest absolute Gasteiger partial charge is 0.394 e. The molecule has 5 nitrogen and oxygen atoms in total. The molecule has 0 unspecified atom stereocenters. The van der Waals surface area contributed by atoms with Gasteiger partial charge >= 0.3 is 0 Å². The Hall–Kier alpha value is -1.43. The molecule has 1 saturated heterocycles. The lowest BCUT2D eigenvalue weighted by molar-refractivity contribution is -0.0228. The number of hydrogen-bond donors (Lipinski definition) is 2. The standard InChI is InChI=1S/C12H15N3O2/c13-9-5-12(17-11(9)7-16)15-4-2-8-6-14-3-1-10(8)15/h1-4,6,9,11-12,16H,5,7,13H2/t9-,11+,12+/m0/s1. The molecule has 0 saturated carbocycles. The van der Waals surface area contributed by atoms with E-state index in [2.05, 4.69) is 4.98 Å². The van der Waals surface area contributed by atoms with Crippen LogP contribution in [0, 0.1) is 0 Å². The van der Waals surface area contributed by atoms with Crippen molar-refractivity contribution in [3.8, 4) is 0 Å². The van der Waals surface area contributed by atoms with E-state index >= 15 is 0 Å². The number of nitrogens with zero attached hydrogens (tertiary/aromatic N) is 2. The van der Waals surface area contributed by atoms with Gasteiger partial charge in [0.15, 0.2) is 0 Å². The molecule has 2 aromatic rings.